The standard InChI is InChI=1S/C52H58N6O7.2C2HF3O2/c1-35(53-34-47(60)43-20-22-46(59)51-44(43)21-24-49(62)56-51)31-38-10-8-9-36(32-38)17-23-48(61)54-33-37-15-18-40(19-16-37)57(2)50(63)27-30-58-28-25-41(26-29-58)65-52(64)55-45-14-7-6-13-42(45)39-11-4-3-5-12-39;2*3-2(4,5)1(6)7/h3-16,18-22,24,32,35,41,47,53,59-60H,17,23,25-31,33-34H2,1-2H3,(H,54,61)(H,55,64)(H,56,62);2*(H,6,7)/t35?,47-;;/m0../s1. The number of likely N-dealkylation sites (tertiary alicyclic amines) is 1. The van der Waals surface area contributed by atoms with Gasteiger partial charge < -0.3 is 50.6 Å². The predicted octanol–water partition coefficient (Wildman–Crippen LogP) is 8.74. The maximum atomic E-state index is 13.2. The number of para-hydroxylation sites is 1. The summed E-state index contributed by atoms with van der Waals surface area (Å²) in [6.45, 7) is 4.81. The van der Waals surface area contributed by atoms with Crippen LogP contribution in [0.25, 0.3) is 22.0 Å². The molecule has 5 aromatic carbocycles. The number of hydrogen-bond donors (Lipinski definition) is 8. The first-order chi connectivity index (χ1) is 37.4. The normalized spacial score (nSPS) is 13.6. The molecule has 1 aliphatic heterocycles. The number of pyridine rings is 1. The van der Waals surface area contributed by atoms with Gasteiger partial charge in [-0.05, 0) is 90.8 Å². The highest BCUT2D eigenvalue weighted by molar-refractivity contribution is 5.93. The van der Waals surface area contributed by atoms with Crippen LogP contribution < -0.4 is 26.4 Å². The Labute approximate surface area is 449 Å². The summed E-state index contributed by atoms with van der Waals surface area (Å²) in [6, 6.07) is 39.5. The summed E-state index contributed by atoms with van der Waals surface area (Å²) in [5.41, 5.74) is 7.12. The van der Waals surface area contributed by atoms with Gasteiger partial charge in [0.2, 0.25) is 17.4 Å². The van der Waals surface area contributed by atoms with Crippen LogP contribution in [0.15, 0.2) is 132 Å². The number of fused-ring (bicyclic) bond motifs is 1. The number of anilines is 2. The molecular formula is C56H60F6N6O11. The fourth-order valence-electron chi connectivity index (χ4n) is 8.26. The molecule has 2 atom stereocenters. The Hall–Kier alpha value is -8.28. The lowest BCUT2D eigenvalue weighted by Gasteiger charge is -2.31. The van der Waals surface area contributed by atoms with Crippen molar-refractivity contribution in [1.82, 2.24) is 20.5 Å². The second-order valence-corrected chi connectivity index (χ2v) is 18.4. The fourth-order valence-corrected chi connectivity index (χ4v) is 8.26. The van der Waals surface area contributed by atoms with Gasteiger partial charge in [0, 0.05) is 81.4 Å². The molecule has 8 N–H and O–H groups in total. The first-order valence-corrected chi connectivity index (χ1v) is 24.8. The number of carbonyl (C=O) groups excluding carboxylic acids is 3. The molecule has 3 amide bonds. The summed E-state index contributed by atoms with van der Waals surface area (Å²) in [5, 5.41) is 45.3. The van der Waals surface area contributed by atoms with E-state index >= 15 is 0 Å². The van der Waals surface area contributed by atoms with E-state index in [4.69, 9.17) is 24.5 Å². The topological polar surface area (TPSA) is 251 Å². The number of piperidine rings is 1. The monoisotopic (exact) mass is 1110 g/mol. The Morgan fingerprint density at radius 2 is 1.39 bits per heavy atom. The number of aliphatic carboxylic acids is 2. The van der Waals surface area contributed by atoms with Crippen LogP contribution in [0.2, 0.25) is 0 Å². The number of ether oxygens (including phenoxy) is 1. The fraction of sp³-hybridized carbons (Fsp3) is 0.321. The number of amides is 3. The molecule has 1 aromatic heterocycles. The van der Waals surface area contributed by atoms with Gasteiger partial charge in [-0.1, -0.05) is 91.0 Å². The number of aromatic amines is 1. The van der Waals surface area contributed by atoms with Crippen LogP contribution in [0.5, 0.6) is 5.75 Å². The number of nitrogens with zero attached hydrogens (tertiary/aromatic N) is 2. The molecule has 6 aromatic rings. The predicted molar refractivity (Wildman–Crippen MR) is 282 cm³/mol. The number of nitrogens with one attached hydrogen (secondary N) is 4. The summed E-state index contributed by atoms with van der Waals surface area (Å²) in [5.74, 6) is -5.60. The molecule has 0 radical (unpaired) electrons. The number of phenols is 1. The Bertz CT molecular complexity index is 3040. The van der Waals surface area contributed by atoms with Crippen molar-refractivity contribution < 1.29 is 75.5 Å². The number of aromatic hydroxyl groups is 1. The van der Waals surface area contributed by atoms with Crippen LogP contribution in [-0.4, -0.2) is 118 Å². The molecule has 0 aliphatic carbocycles. The zero-order valence-electron chi connectivity index (χ0n) is 42.9. The van der Waals surface area contributed by atoms with Crippen molar-refractivity contribution in [3.05, 3.63) is 160 Å². The summed E-state index contributed by atoms with van der Waals surface area (Å²) >= 11 is 0. The van der Waals surface area contributed by atoms with E-state index < -0.39 is 36.5 Å². The van der Waals surface area contributed by atoms with Gasteiger partial charge in [0.1, 0.15) is 11.9 Å². The number of hydrogen-bond acceptors (Lipinski definition) is 11. The number of aliphatic hydroxyl groups excluding tert-OH is 1. The Morgan fingerprint density at radius 1 is 0.772 bits per heavy atom. The zero-order valence-corrected chi connectivity index (χ0v) is 42.9. The molecule has 422 valence electrons. The minimum absolute atomic E-state index is 0.00862. The minimum Gasteiger partial charge on any atom is -0.506 e. The number of H-pyrrole nitrogens is 1. The Balaban J connectivity index is 0.000000725. The number of carboxylic acid groups (broad SMARTS) is 2. The number of aromatic nitrogens is 1. The van der Waals surface area contributed by atoms with Gasteiger partial charge in [-0.15, -0.1) is 0 Å². The zero-order chi connectivity index (χ0) is 57.9. The van der Waals surface area contributed by atoms with Gasteiger partial charge in [0.15, 0.2) is 0 Å². The van der Waals surface area contributed by atoms with Crippen molar-refractivity contribution in [3.8, 4) is 16.9 Å². The molecule has 1 aliphatic rings. The van der Waals surface area contributed by atoms with E-state index in [0.717, 1.165) is 53.0 Å². The number of alkyl halides is 6. The lowest BCUT2D eigenvalue weighted by molar-refractivity contribution is -0.193. The third-order valence-corrected chi connectivity index (χ3v) is 12.5. The minimum atomic E-state index is -5.08. The Kier molecular flexibility index (Phi) is 22.5. The summed E-state index contributed by atoms with van der Waals surface area (Å²) in [6.07, 6.45) is -8.25. The average Bonchev–Trinajstić information content (AvgIpc) is 3.47. The van der Waals surface area contributed by atoms with E-state index in [1.165, 1.54) is 12.1 Å². The number of rotatable bonds is 18. The van der Waals surface area contributed by atoms with E-state index in [1.807, 2.05) is 97.9 Å². The van der Waals surface area contributed by atoms with Crippen LogP contribution >= 0.6 is 0 Å². The Morgan fingerprint density at radius 3 is 2.04 bits per heavy atom. The molecule has 7 rings (SSSR count). The van der Waals surface area contributed by atoms with Gasteiger partial charge in [0.05, 0.1) is 17.3 Å². The van der Waals surface area contributed by atoms with Crippen molar-refractivity contribution >= 4 is 52.1 Å². The van der Waals surface area contributed by atoms with Crippen LogP contribution in [0.1, 0.15) is 61.0 Å². The maximum Gasteiger partial charge on any atom is 0.490 e. The number of aliphatic hydroxyl groups is 1. The first kappa shape index (κ1) is 61.6. The molecule has 0 bridgehead atoms. The van der Waals surface area contributed by atoms with Crippen molar-refractivity contribution in [2.75, 3.05) is 43.4 Å². The lowest BCUT2D eigenvalue weighted by atomic mass is 10.0. The molecule has 79 heavy (non-hydrogen) atoms. The van der Waals surface area contributed by atoms with Crippen molar-refractivity contribution in [1.29, 1.82) is 0 Å². The third-order valence-electron chi connectivity index (χ3n) is 12.5. The van der Waals surface area contributed by atoms with E-state index in [0.29, 0.717) is 67.3 Å². The molecule has 1 saturated heterocycles. The number of aryl methyl sites for hydroxylation is 1. The van der Waals surface area contributed by atoms with Gasteiger partial charge in [0.25, 0.3) is 0 Å². The van der Waals surface area contributed by atoms with E-state index in [-0.39, 0.29) is 41.8 Å². The third kappa shape index (κ3) is 19.9. The molecule has 0 saturated carbocycles. The second-order valence-electron chi connectivity index (χ2n) is 18.4. The molecule has 1 unspecified atom stereocenters. The maximum absolute atomic E-state index is 13.2. The summed E-state index contributed by atoms with van der Waals surface area (Å²) in [7, 11) is 1.77. The van der Waals surface area contributed by atoms with Crippen molar-refractivity contribution in [2.24, 2.45) is 0 Å². The smallest absolute Gasteiger partial charge is 0.490 e. The first-order valence-electron chi connectivity index (χ1n) is 24.8. The van der Waals surface area contributed by atoms with Gasteiger partial charge in [-0.3, -0.25) is 19.7 Å². The van der Waals surface area contributed by atoms with Crippen LogP contribution in [0, 0.1) is 0 Å². The number of halogens is 6. The molecular weight excluding hydrogens is 1050 g/mol. The number of carboxylic acids is 2. The van der Waals surface area contributed by atoms with Crippen LogP contribution in [-0.2, 0) is 43.3 Å². The number of benzene rings is 5. The van der Waals surface area contributed by atoms with Gasteiger partial charge in [-0.2, -0.15) is 26.3 Å². The SMILES string of the molecule is CC(Cc1cccc(CCC(=O)NCc2ccc(N(C)C(=O)CCN3CCC(OC(=O)Nc4ccccc4-c4ccccc4)CC3)cc2)c1)NC[C@H](O)c1ccc(O)c2[nH]c(=O)ccc12.O=C(O)C(F)(F)F.O=C(O)C(F)(F)F. The average molecular weight is 1110 g/mol. The largest absolute Gasteiger partial charge is 0.506 e. The molecule has 0 spiro atoms. The molecule has 2 heterocycles. The molecule has 17 nitrogen and oxygen atoms in total. The van der Waals surface area contributed by atoms with E-state index in [9.17, 15) is 55.7 Å². The lowest BCUT2D eigenvalue weighted by Crippen LogP contribution is -2.40. The summed E-state index contributed by atoms with van der Waals surface area (Å²) in [4.78, 5) is 74.9. The number of carbonyl (C=O) groups is 5. The van der Waals surface area contributed by atoms with E-state index in [1.54, 1.807) is 24.1 Å². The molecule has 23 heteroatoms. The highest BCUT2D eigenvalue weighted by Crippen LogP contribution is 2.30. The van der Waals surface area contributed by atoms with Crippen molar-refractivity contribution in [2.45, 2.75) is 82.6 Å². The van der Waals surface area contributed by atoms with Crippen LogP contribution in [0.4, 0.5) is 42.5 Å². The number of phenolic OH excluding ortho intramolecular Hbond substituents is 1. The second kappa shape index (κ2) is 28.9. The van der Waals surface area contributed by atoms with Crippen molar-refractivity contribution in [3.63, 3.8) is 0 Å². The van der Waals surface area contributed by atoms with E-state index in [2.05, 4.69) is 38.0 Å². The van der Waals surface area contributed by atoms with Gasteiger partial charge >= 0.3 is 30.4 Å². The van der Waals surface area contributed by atoms with Gasteiger partial charge in [-0.25, -0.2) is 14.4 Å². The summed E-state index contributed by atoms with van der Waals surface area (Å²) < 4.78 is 69.3. The highest BCUT2D eigenvalue weighted by Gasteiger charge is 2.39. The quantitative estimate of drug-likeness (QED) is 0.0376. The molecule has 1 fully saturated rings. The highest BCUT2D eigenvalue weighted by atomic mass is 19.4. The van der Waals surface area contributed by atoms with Crippen LogP contribution in [0.3, 0.4) is 0 Å².